The van der Waals surface area contributed by atoms with E-state index < -0.39 is 0 Å². The molecule has 242 valence electrons. The van der Waals surface area contributed by atoms with Gasteiger partial charge in [0.05, 0.1) is 6.04 Å². The second-order valence-electron chi connectivity index (χ2n) is 13.4. The fourth-order valence-electron chi connectivity index (χ4n) is 7.82. The fourth-order valence-corrected chi connectivity index (χ4v) is 9.06. The van der Waals surface area contributed by atoms with Crippen molar-refractivity contribution < 1.29 is 0 Å². The van der Waals surface area contributed by atoms with E-state index in [1.54, 1.807) is 0 Å². The molecule has 51 heavy (non-hydrogen) atoms. The number of hydrogen-bond donors (Lipinski definition) is 0. The molecule has 4 nitrogen and oxygen atoms in total. The van der Waals surface area contributed by atoms with Gasteiger partial charge in [-0.3, -0.25) is 0 Å². The second-order valence-corrected chi connectivity index (χ2v) is 14.5. The van der Waals surface area contributed by atoms with E-state index in [-0.39, 0.29) is 11.5 Å². The largest absolute Gasteiger partial charge is 0.302 e. The molecule has 10 rings (SSSR count). The SMILES string of the molecule is CC12C=CC=CC1N(c1nc(-c3ccccc3)nc(-c3ccccc3)n1)c1cc(-c3cccc(-c4cccc5c4sc4ccccc45)c3)ccc12. The average molecular weight is 673 g/mol. The van der Waals surface area contributed by atoms with Crippen molar-refractivity contribution in [3.8, 4) is 45.0 Å². The average Bonchev–Trinajstić information content (AvgIpc) is 3.71. The third-order valence-electron chi connectivity index (χ3n) is 10.4. The number of allylic oxidation sites excluding steroid dienone is 2. The summed E-state index contributed by atoms with van der Waals surface area (Å²) in [7, 11) is 0. The molecule has 2 unspecified atom stereocenters. The van der Waals surface area contributed by atoms with Gasteiger partial charge in [-0.05, 0) is 52.9 Å². The van der Waals surface area contributed by atoms with Gasteiger partial charge in [0, 0.05) is 42.4 Å². The van der Waals surface area contributed by atoms with Crippen molar-refractivity contribution in [2.24, 2.45) is 0 Å². The van der Waals surface area contributed by atoms with Gasteiger partial charge in [0.1, 0.15) is 0 Å². The Morgan fingerprint density at radius 3 is 2.00 bits per heavy atom. The summed E-state index contributed by atoms with van der Waals surface area (Å²) < 4.78 is 2.64. The highest BCUT2D eigenvalue weighted by Gasteiger charge is 2.47. The van der Waals surface area contributed by atoms with Gasteiger partial charge in [0.15, 0.2) is 11.6 Å². The van der Waals surface area contributed by atoms with Gasteiger partial charge >= 0.3 is 0 Å². The number of benzene rings is 6. The van der Waals surface area contributed by atoms with Crippen LogP contribution in [-0.2, 0) is 5.41 Å². The van der Waals surface area contributed by atoms with Gasteiger partial charge in [-0.25, -0.2) is 4.98 Å². The van der Waals surface area contributed by atoms with Crippen molar-refractivity contribution >= 4 is 43.1 Å². The zero-order chi connectivity index (χ0) is 33.9. The number of anilines is 2. The summed E-state index contributed by atoms with van der Waals surface area (Å²) in [5.74, 6) is 1.95. The number of rotatable bonds is 5. The van der Waals surface area contributed by atoms with Crippen LogP contribution in [0.5, 0.6) is 0 Å². The van der Waals surface area contributed by atoms with Crippen molar-refractivity contribution in [2.45, 2.75) is 18.4 Å². The third kappa shape index (κ3) is 4.84. The molecule has 2 atom stereocenters. The Morgan fingerprint density at radius 1 is 0.569 bits per heavy atom. The van der Waals surface area contributed by atoms with Gasteiger partial charge in [0.2, 0.25) is 5.95 Å². The van der Waals surface area contributed by atoms with Crippen molar-refractivity contribution in [2.75, 3.05) is 4.90 Å². The molecule has 0 saturated carbocycles. The number of thiophene rings is 1. The summed E-state index contributed by atoms with van der Waals surface area (Å²) in [4.78, 5) is 17.7. The van der Waals surface area contributed by atoms with E-state index in [4.69, 9.17) is 15.0 Å². The maximum absolute atomic E-state index is 5.18. The molecule has 1 aliphatic heterocycles. The highest BCUT2D eigenvalue weighted by Crippen LogP contribution is 2.52. The van der Waals surface area contributed by atoms with Crippen molar-refractivity contribution in [1.29, 1.82) is 0 Å². The molecule has 5 heteroatoms. The van der Waals surface area contributed by atoms with Crippen LogP contribution in [0.2, 0.25) is 0 Å². The van der Waals surface area contributed by atoms with Crippen molar-refractivity contribution in [1.82, 2.24) is 15.0 Å². The number of nitrogens with zero attached hydrogens (tertiary/aromatic N) is 4. The van der Waals surface area contributed by atoms with Crippen LogP contribution in [0.3, 0.4) is 0 Å². The molecule has 0 radical (unpaired) electrons. The van der Waals surface area contributed by atoms with E-state index in [0.717, 1.165) is 22.4 Å². The Hall–Kier alpha value is -6.17. The molecule has 0 amide bonds. The highest BCUT2D eigenvalue weighted by molar-refractivity contribution is 7.26. The van der Waals surface area contributed by atoms with Crippen LogP contribution in [0.25, 0.3) is 65.2 Å². The topological polar surface area (TPSA) is 41.9 Å². The first-order chi connectivity index (χ1) is 25.1. The summed E-state index contributed by atoms with van der Waals surface area (Å²) in [6.07, 6.45) is 8.90. The van der Waals surface area contributed by atoms with Crippen molar-refractivity contribution in [3.05, 3.63) is 175 Å². The molecule has 0 fully saturated rings. The number of aromatic nitrogens is 3. The lowest BCUT2D eigenvalue weighted by molar-refractivity contribution is 0.546. The van der Waals surface area contributed by atoms with Gasteiger partial charge < -0.3 is 4.90 Å². The van der Waals surface area contributed by atoms with Crippen LogP contribution in [0, 0.1) is 0 Å². The lowest BCUT2D eigenvalue weighted by Gasteiger charge is -2.33. The van der Waals surface area contributed by atoms with Gasteiger partial charge in [-0.15, -0.1) is 11.3 Å². The maximum atomic E-state index is 5.18. The first-order valence-corrected chi connectivity index (χ1v) is 18.1. The first-order valence-electron chi connectivity index (χ1n) is 17.3. The van der Waals surface area contributed by atoms with Crippen LogP contribution in [-0.4, -0.2) is 21.0 Å². The van der Waals surface area contributed by atoms with E-state index in [9.17, 15) is 0 Å². The van der Waals surface area contributed by atoms with E-state index in [0.29, 0.717) is 17.6 Å². The molecule has 8 aromatic rings. The van der Waals surface area contributed by atoms with Crippen LogP contribution < -0.4 is 4.90 Å². The van der Waals surface area contributed by atoms with Crippen LogP contribution >= 0.6 is 11.3 Å². The molecule has 0 bridgehead atoms. The summed E-state index contributed by atoms with van der Waals surface area (Å²) in [5, 5.41) is 2.63. The summed E-state index contributed by atoms with van der Waals surface area (Å²) in [6.45, 7) is 2.32. The van der Waals surface area contributed by atoms with E-state index in [1.165, 1.54) is 42.4 Å². The molecule has 2 aromatic heterocycles. The molecule has 3 heterocycles. The normalized spacial score (nSPS) is 17.6. The fraction of sp³-hybridized carbons (Fsp3) is 0.0652. The lowest BCUT2D eigenvalue weighted by Crippen LogP contribution is -2.40. The zero-order valence-corrected chi connectivity index (χ0v) is 28.8. The first kappa shape index (κ1) is 29.7. The van der Waals surface area contributed by atoms with Gasteiger partial charge in [0.25, 0.3) is 0 Å². The quantitative estimate of drug-likeness (QED) is 0.182. The van der Waals surface area contributed by atoms with Gasteiger partial charge in [-0.1, -0.05) is 152 Å². The van der Waals surface area contributed by atoms with E-state index in [2.05, 4.69) is 145 Å². The molecular weight excluding hydrogens is 641 g/mol. The predicted molar refractivity (Wildman–Crippen MR) is 212 cm³/mol. The molecule has 0 saturated heterocycles. The Balaban J connectivity index is 1.13. The van der Waals surface area contributed by atoms with E-state index in [1.807, 2.05) is 47.7 Å². The minimum atomic E-state index is -0.256. The predicted octanol–water partition coefficient (Wildman–Crippen LogP) is 11.8. The molecule has 2 aliphatic rings. The number of hydrogen-bond acceptors (Lipinski definition) is 5. The van der Waals surface area contributed by atoms with Crippen LogP contribution in [0.4, 0.5) is 11.6 Å². The smallest absolute Gasteiger partial charge is 0.234 e. The summed E-state index contributed by atoms with van der Waals surface area (Å²) in [6, 6.07) is 51.6. The third-order valence-corrected chi connectivity index (χ3v) is 11.6. The zero-order valence-electron chi connectivity index (χ0n) is 27.9. The van der Waals surface area contributed by atoms with Gasteiger partial charge in [-0.2, -0.15) is 9.97 Å². The number of fused-ring (bicyclic) bond motifs is 6. The molecule has 0 N–H and O–H groups in total. The Labute approximate surface area is 300 Å². The summed E-state index contributed by atoms with van der Waals surface area (Å²) >= 11 is 1.87. The highest BCUT2D eigenvalue weighted by atomic mass is 32.1. The molecule has 0 spiro atoms. The van der Waals surface area contributed by atoms with Crippen LogP contribution in [0.1, 0.15) is 12.5 Å². The minimum Gasteiger partial charge on any atom is -0.302 e. The van der Waals surface area contributed by atoms with Crippen LogP contribution in [0.15, 0.2) is 170 Å². The molecular formula is C46H32N4S. The Kier molecular flexibility index (Phi) is 6.83. The second kappa shape index (κ2) is 11.7. The Morgan fingerprint density at radius 2 is 1.22 bits per heavy atom. The maximum Gasteiger partial charge on any atom is 0.234 e. The minimum absolute atomic E-state index is 0.000653. The van der Waals surface area contributed by atoms with Crippen molar-refractivity contribution in [3.63, 3.8) is 0 Å². The lowest BCUT2D eigenvalue weighted by atomic mass is 9.76. The monoisotopic (exact) mass is 672 g/mol. The Bertz CT molecular complexity index is 2620. The van der Waals surface area contributed by atoms with E-state index >= 15 is 0 Å². The standard InChI is InChI=1S/C46H32N4S/c1-46-27-11-10-24-41(46)50(45-48-43(30-14-4-2-5-15-30)47-44(49-45)31-16-6-3-7-17-31)39-29-33(25-26-38(39)46)32-18-12-19-34(28-32)35-21-13-22-37-36-20-8-9-23-40(36)51-42(35)37/h2-29,41H,1H3. The summed E-state index contributed by atoms with van der Waals surface area (Å²) in [5.41, 5.74) is 8.82. The molecule has 1 aliphatic carbocycles. The molecule has 6 aromatic carbocycles.